The molecule has 1 N–H and O–H groups in total. The Hall–Kier alpha value is -1.32. The van der Waals surface area contributed by atoms with Crippen molar-refractivity contribution in [2.45, 2.75) is 13.5 Å². The third-order valence-corrected chi connectivity index (χ3v) is 4.11. The van der Waals surface area contributed by atoms with Crippen molar-refractivity contribution in [2.24, 2.45) is 0 Å². The van der Waals surface area contributed by atoms with E-state index in [0.717, 1.165) is 15.6 Å². The Morgan fingerprint density at radius 1 is 1.21 bits per heavy atom. The van der Waals surface area contributed by atoms with Crippen LogP contribution in [0.3, 0.4) is 0 Å². The van der Waals surface area contributed by atoms with Gasteiger partial charge in [0.1, 0.15) is 0 Å². The van der Waals surface area contributed by atoms with Crippen LogP contribution in [0, 0.1) is 6.92 Å². The molecule has 0 fully saturated rings. The number of nitrogens with one attached hydrogen (secondary N) is 1. The molecule has 0 saturated heterocycles. The molecule has 0 bridgehead atoms. The molecule has 0 aliphatic carbocycles. The van der Waals surface area contributed by atoms with Gasteiger partial charge in [-0.2, -0.15) is 0 Å². The third kappa shape index (κ3) is 3.37. The summed E-state index contributed by atoms with van der Waals surface area (Å²) < 4.78 is 0.977. The zero-order valence-corrected chi connectivity index (χ0v) is 12.8. The van der Waals surface area contributed by atoms with E-state index < -0.39 is 0 Å². The van der Waals surface area contributed by atoms with E-state index in [0.29, 0.717) is 17.1 Å². The number of carbonyl (C=O) groups is 1. The summed E-state index contributed by atoms with van der Waals surface area (Å²) in [5.41, 5.74) is 2.43. The van der Waals surface area contributed by atoms with Crippen molar-refractivity contribution in [2.75, 3.05) is 0 Å². The van der Waals surface area contributed by atoms with Crippen LogP contribution >= 0.6 is 27.5 Å². The fraction of sp³-hybridized carbons (Fsp3) is 0.133. The van der Waals surface area contributed by atoms with Gasteiger partial charge in [-0.25, -0.2) is 0 Å². The molecule has 0 atom stereocenters. The highest BCUT2D eigenvalue weighted by Gasteiger charge is 2.11. The number of benzene rings is 2. The van der Waals surface area contributed by atoms with E-state index >= 15 is 0 Å². The number of amides is 1. The van der Waals surface area contributed by atoms with Crippen molar-refractivity contribution < 1.29 is 4.79 Å². The highest BCUT2D eigenvalue weighted by molar-refractivity contribution is 9.10. The monoisotopic (exact) mass is 337 g/mol. The summed E-state index contributed by atoms with van der Waals surface area (Å²) in [5.74, 6) is -0.163. The molecule has 0 radical (unpaired) electrons. The van der Waals surface area contributed by atoms with Crippen LogP contribution in [0.25, 0.3) is 0 Å². The second-order valence-corrected chi connectivity index (χ2v) is 5.44. The smallest absolute Gasteiger partial charge is 0.253 e. The summed E-state index contributed by atoms with van der Waals surface area (Å²) in [6, 6.07) is 13.2. The van der Waals surface area contributed by atoms with Crippen molar-refractivity contribution in [1.29, 1.82) is 0 Å². The van der Waals surface area contributed by atoms with Crippen LogP contribution in [-0.4, -0.2) is 5.91 Å². The largest absolute Gasteiger partial charge is 0.348 e. The van der Waals surface area contributed by atoms with E-state index in [9.17, 15) is 4.79 Å². The van der Waals surface area contributed by atoms with E-state index in [1.807, 2.05) is 43.3 Å². The van der Waals surface area contributed by atoms with Gasteiger partial charge in [0.2, 0.25) is 0 Å². The van der Waals surface area contributed by atoms with E-state index in [1.165, 1.54) is 0 Å². The summed E-state index contributed by atoms with van der Waals surface area (Å²) in [5, 5.41) is 3.38. The van der Waals surface area contributed by atoms with Gasteiger partial charge in [0.25, 0.3) is 5.91 Å². The standard InChI is InChI=1S/C15H13BrClNO/c1-10-5-4-7-12(14(10)17)15(19)18-9-11-6-2-3-8-13(11)16/h2-8H,9H2,1H3,(H,18,19). The summed E-state index contributed by atoms with van der Waals surface area (Å²) in [6.07, 6.45) is 0. The predicted molar refractivity (Wildman–Crippen MR) is 81.5 cm³/mol. The number of rotatable bonds is 3. The molecular formula is C15H13BrClNO. The lowest BCUT2D eigenvalue weighted by Gasteiger charge is -2.09. The van der Waals surface area contributed by atoms with Crippen molar-refractivity contribution in [3.63, 3.8) is 0 Å². The maximum absolute atomic E-state index is 12.1. The van der Waals surface area contributed by atoms with E-state index in [-0.39, 0.29) is 5.91 Å². The molecule has 19 heavy (non-hydrogen) atoms. The molecular weight excluding hydrogens is 326 g/mol. The molecule has 0 aromatic heterocycles. The maximum Gasteiger partial charge on any atom is 0.253 e. The van der Waals surface area contributed by atoms with E-state index in [2.05, 4.69) is 21.2 Å². The lowest BCUT2D eigenvalue weighted by Crippen LogP contribution is -2.23. The van der Waals surface area contributed by atoms with Gasteiger partial charge in [-0.1, -0.05) is 57.9 Å². The van der Waals surface area contributed by atoms with Crippen LogP contribution in [0.1, 0.15) is 21.5 Å². The SMILES string of the molecule is Cc1cccc(C(=O)NCc2ccccc2Br)c1Cl. The number of carbonyl (C=O) groups excluding carboxylic acids is 1. The zero-order valence-electron chi connectivity index (χ0n) is 10.4. The topological polar surface area (TPSA) is 29.1 Å². The van der Waals surface area contributed by atoms with Crippen LogP contribution < -0.4 is 5.32 Å². The van der Waals surface area contributed by atoms with Gasteiger partial charge < -0.3 is 5.32 Å². The van der Waals surface area contributed by atoms with Crippen molar-refractivity contribution in [1.82, 2.24) is 5.32 Å². The normalized spacial score (nSPS) is 10.3. The summed E-state index contributed by atoms with van der Waals surface area (Å²) in [6.45, 7) is 2.34. The van der Waals surface area contributed by atoms with Crippen LogP contribution in [-0.2, 0) is 6.54 Å². The number of hydrogen-bond donors (Lipinski definition) is 1. The Morgan fingerprint density at radius 2 is 1.95 bits per heavy atom. The van der Waals surface area contributed by atoms with Gasteiger partial charge in [-0.3, -0.25) is 4.79 Å². The van der Waals surface area contributed by atoms with Crippen molar-refractivity contribution in [3.8, 4) is 0 Å². The first-order valence-corrected chi connectivity index (χ1v) is 7.03. The van der Waals surface area contributed by atoms with Gasteiger partial charge in [-0.15, -0.1) is 0 Å². The molecule has 2 rings (SSSR count). The number of hydrogen-bond acceptors (Lipinski definition) is 1. The number of halogens is 2. The molecule has 0 aliphatic heterocycles. The van der Waals surface area contributed by atoms with Crippen molar-refractivity contribution in [3.05, 3.63) is 68.7 Å². The molecule has 2 nitrogen and oxygen atoms in total. The van der Waals surface area contributed by atoms with E-state index in [4.69, 9.17) is 11.6 Å². The van der Waals surface area contributed by atoms with Crippen LogP contribution in [0.2, 0.25) is 5.02 Å². The molecule has 0 heterocycles. The second kappa shape index (κ2) is 6.22. The molecule has 4 heteroatoms. The molecule has 0 unspecified atom stereocenters. The van der Waals surface area contributed by atoms with Gasteiger partial charge >= 0.3 is 0 Å². The molecule has 0 aliphatic rings. The average Bonchev–Trinajstić information content (AvgIpc) is 2.40. The molecule has 0 spiro atoms. The Kier molecular flexibility index (Phi) is 4.61. The zero-order chi connectivity index (χ0) is 13.8. The quantitative estimate of drug-likeness (QED) is 0.886. The average molecular weight is 339 g/mol. The second-order valence-electron chi connectivity index (χ2n) is 4.21. The third-order valence-electron chi connectivity index (χ3n) is 2.83. The van der Waals surface area contributed by atoms with Gasteiger partial charge in [0.15, 0.2) is 0 Å². The van der Waals surface area contributed by atoms with Crippen molar-refractivity contribution >= 4 is 33.4 Å². The van der Waals surface area contributed by atoms with Crippen LogP contribution in [0.5, 0.6) is 0 Å². The molecule has 0 saturated carbocycles. The number of aryl methyl sites for hydroxylation is 1. The summed E-state index contributed by atoms with van der Waals surface area (Å²) >= 11 is 9.58. The van der Waals surface area contributed by atoms with Gasteiger partial charge in [-0.05, 0) is 30.2 Å². The van der Waals surface area contributed by atoms with Gasteiger partial charge in [0, 0.05) is 11.0 Å². The highest BCUT2D eigenvalue weighted by Crippen LogP contribution is 2.20. The molecule has 2 aromatic rings. The van der Waals surface area contributed by atoms with Crippen LogP contribution in [0.4, 0.5) is 0 Å². The maximum atomic E-state index is 12.1. The minimum absolute atomic E-state index is 0.163. The Balaban J connectivity index is 2.10. The first kappa shape index (κ1) is 14.1. The highest BCUT2D eigenvalue weighted by atomic mass is 79.9. The predicted octanol–water partition coefficient (Wildman–Crippen LogP) is 4.34. The van der Waals surface area contributed by atoms with Crippen LogP contribution in [0.15, 0.2) is 46.9 Å². The lowest BCUT2D eigenvalue weighted by molar-refractivity contribution is 0.0951. The minimum atomic E-state index is -0.163. The van der Waals surface area contributed by atoms with E-state index in [1.54, 1.807) is 6.07 Å². The summed E-state index contributed by atoms with van der Waals surface area (Å²) in [7, 11) is 0. The fourth-order valence-electron chi connectivity index (χ4n) is 1.74. The minimum Gasteiger partial charge on any atom is -0.348 e. The first-order valence-electron chi connectivity index (χ1n) is 5.86. The fourth-order valence-corrected chi connectivity index (χ4v) is 2.37. The Morgan fingerprint density at radius 3 is 2.68 bits per heavy atom. The first-order chi connectivity index (χ1) is 9.09. The molecule has 2 aromatic carbocycles. The molecule has 98 valence electrons. The molecule has 1 amide bonds. The lowest BCUT2D eigenvalue weighted by atomic mass is 10.1. The Bertz CT molecular complexity index is 613. The Labute approximate surface area is 125 Å². The summed E-state index contributed by atoms with van der Waals surface area (Å²) in [4.78, 5) is 12.1. The van der Waals surface area contributed by atoms with Gasteiger partial charge in [0.05, 0.1) is 10.6 Å².